The summed E-state index contributed by atoms with van der Waals surface area (Å²) in [5, 5.41) is 11.4. The fraction of sp³-hybridized carbons (Fsp3) is 0.211. The van der Waals surface area contributed by atoms with Crippen LogP contribution in [0.5, 0.6) is 5.75 Å². The van der Waals surface area contributed by atoms with E-state index in [1.54, 1.807) is 12.1 Å². The monoisotopic (exact) mass is 374 g/mol. The van der Waals surface area contributed by atoms with E-state index in [2.05, 4.69) is 5.32 Å². The van der Waals surface area contributed by atoms with E-state index < -0.39 is 42.8 Å². The standard InChI is InChI=1S/C19H16F2N2O4/c1-12(15-7-6-14(20)8-16(15)21)23-18(24)10-27-19(25)11-26-17-5-3-2-4-13(17)9-22/h2-8,12H,10-11H2,1H3,(H,23,24)/t12-/m0/s1. The Hall–Kier alpha value is -3.47. The van der Waals surface area contributed by atoms with Crippen LogP contribution < -0.4 is 10.1 Å². The van der Waals surface area contributed by atoms with E-state index in [0.29, 0.717) is 6.07 Å². The Morgan fingerprint density at radius 3 is 2.63 bits per heavy atom. The van der Waals surface area contributed by atoms with Crippen molar-refractivity contribution in [3.8, 4) is 11.8 Å². The molecule has 0 saturated heterocycles. The second kappa shape index (κ2) is 9.29. The molecule has 0 spiro atoms. The number of nitrogens with one attached hydrogen (secondary N) is 1. The maximum absolute atomic E-state index is 13.7. The summed E-state index contributed by atoms with van der Waals surface area (Å²) < 4.78 is 36.5. The van der Waals surface area contributed by atoms with Crippen molar-refractivity contribution in [2.45, 2.75) is 13.0 Å². The van der Waals surface area contributed by atoms with Gasteiger partial charge in [-0.15, -0.1) is 0 Å². The van der Waals surface area contributed by atoms with Crippen molar-refractivity contribution < 1.29 is 27.8 Å². The van der Waals surface area contributed by atoms with Crippen molar-refractivity contribution in [3.05, 3.63) is 65.2 Å². The molecular weight excluding hydrogens is 358 g/mol. The minimum Gasteiger partial charge on any atom is -0.481 e. The highest BCUT2D eigenvalue weighted by atomic mass is 19.1. The molecule has 0 fully saturated rings. The van der Waals surface area contributed by atoms with Gasteiger partial charge in [0, 0.05) is 11.6 Å². The molecule has 1 N–H and O–H groups in total. The molecule has 0 aliphatic heterocycles. The van der Waals surface area contributed by atoms with Crippen molar-refractivity contribution in [1.82, 2.24) is 5.32 Å². The number of ether oxygens (including phenoxy) is 2. The lowest BCUT2D eigenvalue weighted by molar-refractivity contribution is -0.150. The Bertz CT molecular complexity index is 880. The second-order valence-corrected chi connectivity index (χ2v) is 5.51. The molecule has 27 heavy (non-hydrogen) atoms. The highest BCUT2D eigenvalue weighted by Crippen LogP contribution is 2.18. The van der Waals surface area contributed by atoms with E-state index in [9.17, 15) is 18.4 Å². The van der Waals surface area contributed by atoms with E-state index in [1.807, 2.05) is 6.07 Å². The van der Waals surface area contributed by atoms with Gasteiger partial charge in [0.25, 0.3) is 5.91 Å². The van der Waals surface area contributed by atoms with Crippen LogP contribution in [0.1, 0.15) is 24.1 Å². The van der Waals surface area contributed by atoms with Gasteiger partial charge in [-0.25, -0.2) is 13.6 Å². The van der Waals surface area contributed by atoms with Crippen molar-refractivity contribution in [2.75, 3.05) is 13.2 Å². The molecule has 8 heteroatoms. The minimum atomic E-state index is -0.807. The van der Waals surface area contributed by atoms with E-state index in [4.69, 9.17) is 14.7 Å². The predicted octanol–water partition coefficient (Wildman–Crippen LogP) is 2.64. The summed E-state index contributed by atoms with van der Waals surface area (Å²) >= 11 is 0. The maximum Gasteiger partial charge on any atom is 0.344 e. The summed E-state index contributed by atoms with van der Waals surface area (Å²) in [4.78, 5) is 23.5. The summed E-state index contributed by atoms with van der Waals surface area (Å²) in [6.45, 7) is 0.446. The SMILES string of the molecule is C[C@H](NC(=O)COC(=O)COc1ccccc1C#N)c1ccc(F)cc1F. The Morgan fingerprint density at radius 2 is 1.93 bits per heavy atom. The number of para-hydroxylation sites is 1. The number of nitrogens with zero attached hydrogens (tertiary/aromatic N) is 1. The first-order valence-corrected chi connectivity index (χ1v) is 7.92. The van der Waals surface area contributed by atoms with E-state index in [-0.39, 0.29) is 16.9 Å². The van der Waals surface area contributed by atoms with E-state index in [0.717, 1.165) is 6.07 Å². The quantitative estimate of drug-likeness (QED) is 0.753. The zero-order valence-corrected chi connectivity index (χ0v) is 14.4. The number of rotatable bonds is 7. The first-order valence-electron chi connectivity index (χ1n) is 7.92. The molecule has 2 aromatic rings. The average molecular weight is 374 g/mol. The molecule has 140 valence electrons. The van der Waals surface area contributed by atoms with Crippen molar-refractivity contribution in [3.63, 3.8) is 0 Å². The fourth-order valence-corrected chi connectivity index (χ4v) is 2.22. The first kappa shape index (κ1) is 19.8. The summed E-state index contributed by atoms with van der Waals surface area (Å²) in [5.74, 6) is -2.75. The van der Waals surface area contributed by atoms with Gasteiger partial charge in [-0.2, -0.15) is 5.26 Å². The molecule has 1 atom stereocenters. The van der Waals surface area contributed by atoms with Crippen molar-refractivity contribution in [1.29, 1.82) is 5.26 Å². The highest BCUT2D eigenvalue weighted by molar-refractivity contribution is 5.81. The van der Waals surface area contributed by atoms with Crippen LogP contribution in [0.25, 0.3) is 0 Å². The van der Waals surface area contributed by atoms with Gasteiger partial charge in [0.15, 0.2) is 13.2 Å². The molecule has 0 bridgehead atoms. The van der Waals surface area contributed by atoms with Gasteiger partial charge >= 0.3 is 5.97 Å². The Kier molecular flexibility index (Phi) is 6.83. The van der Waals surface area contributed by atoms with Crippen LogP contribution in [-0.2, 0) is 14.3 Å². The van der Waals surface area contributed by atoms with Crippen molar-refractivity contribution >= 4 is 11.9 Å². The number of nitriles is 1. The molecule has 0 unspecified atom stereocenters. The Labute approximate surface area is 154 Å². The molecule has 0 aromatic heterocycles. The largest absolute Gasteiger partial charge is 0.481 e. The summed E-state index contributed by atoms with van der Waals surface area (Å²) in [5.41, 5.74) is 0.366. The van der Waals surface area contributed by atoms with Gasteiger partial charge in [-0.3, -0.25) is 4.79 Å². The number of halogens is 2. The predicted molar refractivity (Wildman–Crippen MR) is 90.5 cm³/mol. The highest BCUT2D eigenvalue weighted by Gasteiger charge is 2.16. The third kappa shape index (κ3) is 5.78. The molecule has 0 heterocycles. The third-order valence-corrected chi connectivity index (χ3v) is 3.52. The number of carbonyl (C=O) groups is 2. The third-order valence-electron chi connectivity index (χ3n) is 3.52. The van der Waals surface area contributed by atoms with Crippen LogP contribution in [0.15, 0.2) is 42.5 Å². The van der Waals surface area contributed by atoms with Gasteiger partial charge in [-0.1, -0.05) is 18.2 Å². The molecule has 2 rings (SSSR count). The average Bonchev–Trinajstić information content (AvgIpc) is 2.64. The Balaban J connectivity index is 1.79. The van der Waals surface area contributed by atoms with Gasteiger partial charge < -0.3 is 14.8 Å². The van der Waals surface area contributed by atoms with E-state index >= 15 is 0 Å². The van der Waals surface area contributed by atoms with Crippen LogP contribution in [0.2, 0.25) is 0 Å². The lowest BCUT2D eigenvalue weighted by Gasteiger charge is -2.15. The van der Waals surface area contributed by atoms with Crippen LogP contribution in [0.3, 0.4) is 0 Å². The van der Waals surface area contributed by atoms with Gasteiger partial charge in [0.2, 0.25) is 0 Å². The molecule has 0 aliphatic carbocycles. The molecule has 0 radical (unpaired) electrons. The zero-order valence-electron chi connectivity index (χ0n) is 14.4. The molecule has 1 amide bonds. The second-order valence-electron chi connectivity index (χ2n) is 5.51. The lowest BCUT2D eigenvalue weighted by Crippen LogP contribution is -2.32. The number of amides is 1. The Morgan fingerprint density at radius 1 is 1.19 bits per heavy atom. The van der Waals surface area contributed by atoms with Crippen LogP contribution in [-0.4, -0.2) is 25.1 Å². The number of carbonyl (C=O) groups excluding carboxylic acids is 2. The molecule has 2 aromatic carbocycles. The van der Waals surface area contributed by atoms with E-state index in [1.165, 1.54) is 25.1 Å². The van der Waals surface area contributed by atoms with Gasteiger partial charge in [-0.05, 0) is 25.1 Å². The van der Waals surface area contributed by atoms with Crippen molar-refractivity contribution in [2.24, 2.45) is 0 Å². The van der Waals surface area contributed by atoms with Gasteiger partial charge in [0.05, 0.1) is 11.6 Å². The number of esters is 1. The number of hydrogen-bond donors (Lipinski definition) is 1. The summed E-state index contributed by atoms with van der Waals surface area (Å²) in [7, 11) is 0. The topological polar surface area (TPSA) is 88.4 Å². The minimum absolute atomic E-state index is 0.104. The molecule has 6 nitrogen and oxygen atoms in total. The zero-order chi connectivity index (χ0) is 19.8. The lowest BCUT2D eigenvalue weighted by atomic mass is 10.1. The summed E-state index contributed by atoms with van der Waals surface area (Å²) in [6, 6.07) is 10.6. The van der Waals surface area contributed by atoms with Gasteiger partial charge in [0.1, 0.15) is 23.5 Å². The molecule has 0 aliphatic rings. The first-order chi connectivity index (χ1) is 12.9. The molecule has 0 saturated carbocycles. The maximum atomic E-state index is 13.7. The number of hydrogen-bond acceptors (Lipinski definition) is 5. The molecular formula is C19H16F2N2O4. The fourth-order valence-electron chi connectivity index (χ4n) is 2.22. The van der Waals surface area contributed by atoms with Crippen LogP contribution in [0.4, 0.5) is 8.78 Å². The number of benzene rings is 2. The van der Waals surface area contributed by atoms with Crippen LogP contribution in [0, 0.1) is 23.0 Å². The summed E-state index contributed by atoms with van der Waals surface area (Å²) in [6.07, 6.45) is 0. The van der Waals surface area contributed by atoms with Crippen LogP contribution >= 0.6 is 0 Å². The normalized spacial score (nSPS) is 11.2. The smallest absolute Gasteiger partial charge is 0.344 e.